The molecular weight excluding hydrogens is 472 g/mol. The highest BCUT2D eigenvalue weighted by Gasteiger charge is 2.14. The quantitative estimate of drug-likeness (QED) is 0.106. The molecule has 0 fully saturated rings. The van der Waals surface area contributed by atoms with E-state index in [1.54, 1.807) is 66.7 Å². The molecule has 1 amide bonds. The number of hydrogen-bond acceptors (Lipinski definition) is 7. The Morgan fingerprint density at radius 2 is 1.43 bits per heavy atom. The lowest BCUT2D eigenvalue weighted by Crippen LogP contribution is -2.17. The number of hydrazone groups is 1. The first-order valence-electron chi connectivity index (χ1n) is 12.3. The third kappa shape index (κ3) is 8.38. The summed E-state index contributed by atoms with van der Waals surface area (Å²) in [6, 6.07) is 18.6. The lowest BCUT2D eigenvalue weighted by atomic mass is 10.2. The molecule has 0 aliphatic carbocycles. The lowest BCUT2D eigenvalue weighted by molar-refractivity contribution is 0.0728. The molecule has 1 N–H and O–H groups in total. The summed E-state index contributed by atoms with van der Waals surface area (Å²) in [4.78, 5) is 25.0. The van der Waals surface area contributed by atoms with Gasteiger partial charge in [-0.1, -0.05) is 13.3 Å². The Morgan fingerprint density at radius 1 is 0.784 bits per heavy atom. The molecule has 0 unspecified atom stereocenters. The Balaban J connectivity index is 1.61. The van der Waals surface area contributed by atoms with E-state index in [2.05, 4.69) is 17.5 Å². The number of esters is 1. The van der Waals surface area contributed by atoms with Crippen molar-refractivity contribution in [1.29, 1.82) is 0 Å². The predicted molar refractivity (Wildman–Crippen MR) is 142 cm³/mol. The molecule has 3 aromatic rings. The van der Waals surface area contributed by atoms with E-state index < -0.39 is 5.97 Å². The molecule has 0 bridgehead atoms. The Morgan fingerprint density at radius 3 is 2.08 bits per heavy atom. The largest absolute Gasteiger partial charge is 0.494 e. The van der Waals surface area contributed by atoms with Gasteiger partial charge in [0.15, 0.2) is 11.5 Å². The van der Waals surface area contributed by atoms with Crippen LogP contribution in [-0.4, -0.2) is 37.9 Å². The first-order chi connectivity index (χ1) is 18.0. The van der Waals surface area contributed by atoms with Gasteiger partial charge in [-0.15, -0.1) is 0 Å². The average Bonchev–Trinajstić information content (AvgIpc) is 2.91. The zero-order valence-corrected chi connectivity index (χ0v) is 21.4. The fourth-order valence-electron chi connectivity index (χ4n) is 3.24. The molecule has 0 aliphatic rings. The number of ether oxygens (including phenoxy) is 4. The van der Waals surface area contributed by atoms with E-state index in [-0.39, 0.29) is 11.7 Å². The summed E-state index contributed by atoms with van der Waals surface area (Å²) in [7, 11) is 0. The minimum Gasteiger partial charge on any atom is -0.494 e. The first kappa shape index (κ1) is 27.3. The van der Waals surface area contributed by atoms with Crippen molar-refractivity contribution in [2.24, 2.45) is 5.10 Å². The molecule has 0 radical (unpaired) electrons. The van der Waals surface area contributed by atoms with E-state index in [9.17, 15) is 9.59 Å². The van der Waals surface area contributed by atoms with Crippen LogP contribution in [0, 0.1) is 0 Å². The van der Waals surface area contributed by atoms with Crippen molar-refractivity contribution in [3.8, 4) is 23.0 Å². The van der Waals surface area contributed by atoms with Gasteiger partial charge in [-0.05, 0) is 92.6 Å². The van der Waals surface area contributed by atoms with Crippen molar-refractivity contribution in [2.75, 3.05) is 19.8 Å². The van der Waals surface area contributed by atoms with Crippen LogP contribution in [0.3, 0.4) is 0 Å². The maximum Gasteiger partial charge on any atom is 0.343 e. The summed E-state index contributed by atoms with van der Waals surface area (Å²) in [5.41, 5.74) is 4.02. The van der Waals surface area contributed by atoms with Crippen LogP contribution >= 0.6 is 0 Å². The highest BCUT2D eigenvalue weighted by Crippen LogP contribution is 2.29. The second-order valence-corrected chi connectivity index (χ2v) is 7.91. The Labute approximate surface area is 217 Å². The van der Waals surface area contributed by atoms with Crippen LogP contribution in [0.15, 0.2) is 71.8 Å². The standard InChI is InChI=1S/C29H32N2O6/c1-4-7-18-36-25-13-9-22(10-14-25)28(32)31-30-20-21-8-17-26(27(19-21)35-6-3)37-29(33)23-11-15-24(16-12-23)34-5-2/h8-17,19-20H,4-7,18H2,1-3H3,(H,31,32)/b30-20-. The molecule has 0 aromatic heterocycles. The third-order valence-electron chi connectivity index (χ3n) is 5.13. The zero-order valence-electron chi connectivity index (χ0n) is 21.4. The van der Waals surface area contributed by atoms with Gasteiger partial charge in [0.2, 0.25) is 0 Å². The molecule has 0 saturated heterocycles. The van der Waals surface area contributed by atoms with Gasteiger partial charge in [0.1, 0.15) is 11.5 Å². The van der Waals surface area contributed by atoms with Crippen molar-refractivity contribution in [1.82, 2.24) is 5.43 Å². The number of nitrogens with one attached hydrogen (secondary N) is 1. The molecule has 0 aliphatic heterocycles. The van der Waals surface area contributed by atoms with E-state index in [1.165, 1.54) is 6.21 Å². The second kappa shape index (κ2) is 14.3. The Hall–Kier alpha value is -4.33. The molecule has 3 rings (SSSR count). The van der Waals surface area contributed by atoms with Crippen LogP contribution in [0.2, 0.25) is 0 Å². The number of unbranched alkanes of at least 4 members (excludes halogenated alkanes) is 1. The van der Waals surface area contributed by atoms with Gasteiger partial charge in [-0.25, -0.2) is 10.2 Å². The highest BCUT2D eigenvalue weighted by atomic mass is 16.6. The average molecular weight is 505 g/mol. The molecule has 3 aromatic carbocycles. The molecule has 0 atom stereocenters. The molecule has 8 heteroatoms. The topological polar surface area (TPSA) is 95.5 Å². The number of benzene rings is 3. The molecular formula is C29H32N2O6. The third-order valence-corrected chi connectivity index (χ3v) is 5.13. The van der Waals surface area contributed by atoms with Crippen molar-refractivity contribution in [2.45, 2.75) is 33.6 Å². The van der Waals surface area contributed by atoms with E-state index in [1.807, 2.05) is 13.8 Å². The summed E-state index contributed by atoms with van der Waals surface area (Å²) in [6.45, 7) is 7.40. The molecule has 0 heterocycles. The highest BCUT2D eigenvalue weighted by molar-refractivity contribution is 5.95. The summed E-state index contributed by atoms with van der Waals surface area (Å²) in [5, 5.41) is 4.03. The van der Waals surface area contributed by atoms with Gasteiger partial charge in [-0.2, -0.15) is 5.10 Å². The van der Waals surface area contributed by atoms with Crippen LogP contribution in [0.4, 0.5) is 0 Å². The monoisotopic (exact) mass is 504 g/mol. The van der Waals surface area contributed by atoms with E-state index in [0.29, 0.717) is 48.0 Å². The smallest absolute Gasteiger partial charge is 0.343 e. The maximum absolute atomic E-state index is 12.6. The second-order valence-electron chi connectivity index (χ2n) is 7.91. The fourth-order valence-corrected chi connectivity index (χ4v) is 3.24. The van der Waals surface area contributed by atoms with E-state index in [4.69, 9.17) is 18.9 Å². The first-order valence-corrected chi connectivity index (χ1v) is 12.3. The zero-order chi connectivity index (χ0) is 26.5. The number of amides is 1. The molecule has 0 saturated carbocycles. The minimum absolute atomic E-state index is 0.281. The van der Waals surface area contributed by atoms with E-state index >= 15 is 0 Å². The van der Waals surface area contributed by atoms with Gasteiger partial charge < -0.3 is 18.9 Å². The lowest BCUT2D eigenvalue weighted by Gasteiger charge is -2.11. The summed E-state index contributed by atoms with van der Waals surface area (Å²) < 4.78 is 22.2. The summed E-state index contributed by atoms with van der Waals surface area (Å²) in [6.07, 6.45) is 3.52. The fraction of sp³-hybridized carbons (Fsp3) is 0.276. The van der Waals surface area contributed by atoms with Crippen molar-refractivity contribution in [3.63, 3.8) is 0 Å². The van der Waals surface area contributed by atoms with Crippen LogP contribution < -0.4 is 24.4 Å². The van der Waals surface area contributed by atoms with Gasteiger partial charge in [0.05, 0.1) is 31.6 Å². The van der Waals surface area contributed by atoms with Crippen LogP contribution in [0.1, 0.15) is 59.9 Å². The summed E-state index contributed by atoms with van der Waals surface area (Å²) >= 11 is 0. The molecule has 194 valence electrons. The number of carbonyl (C=O) groups is 2. The Bertz CT molecular complexity index is 1190. The molecule has 37 heavy (non-hydrogen) atoms. The van der Waals surface area contributed by atoms with Crippen molar-refractivity contribution < 1.29 is 28.5 Å². The number of hydrogen-bond donors (Lipinski definition) is 1. The summed E-state index contributed by atoms with van der Waals surface area (Å²) in [5.74, 6) is 1.21. The maximum atomic E-state index is 12.6. The van der Waals surface area contributed by atoms with Crippen molar-refractivity contribution >= 4 is 18.1 Å². The SMILES string of the molecule is CCCCOc1ccc(C(=O)N/N=C\c2ccc(OC(=O)c3ccc(OCC)cc3)c(OCC)c2)cc1. The van der Waals surface area contributed by atoms with Crippen LogP contribution in [0.5, 0.6) is 23.0 Å². The van der Waals surface area contributed by atoms with Crippen LogP contribution in [-0.2, 0) is 0 Å². The predicted octanol–water partition coefficient (Wildman–Crippen LogP) is 5.65. The normalized spacial score (nSPS) is 10.7. The minimum atomic E-state index is -0.514. The van der Waals surface area contributed by atoms with Crippen molar-refractivity contribution in [3.05, 3.63) is 83.4 Å². The Kier molecular flexibility index (Phi) is 10.5. The van der Waals surface area contributed by atoms with Gasteiger partial charge in [0.25, 0.3) is 5.91 Å². The van der Waals surface area contributed by atoms with Gasteiger partial charge in [0, 0.05) is 5.56 Å². The van der Waals surface area contributed by atoms with E-state index in [0.717, 1.165) is 18.6 Å². The number of nitrogens with zero attached hydrogens (tertiary/aromatic N) is 1. The molecule has 8 nitrogen and oxygen atoms in total. The van der Waals surface area contributed by atoms with Crippen LogP contribution in [0.25, 0.3) is 0 Å². The molecule has 0 spiro atoms. The van der Waals surface area contributed by atoms with Gasteiger partial charge >= 0.3 is 5.97 Å². The van der Waals surface area contributed by atoms with Gasteiger partial charge in [-0.3, -0.25) is 4.79 Å². The number of carbonyl (C=O) groups excluding carboxylic acids is 2. The number of rotatable bonds is 13.